The van der Waals surface area contributed by atoms with Gasteiger partial charge >= 0.3 is 6.18 Å². The molecule has 2 aromatic rings. The van der Waals surface area contributed by atoms with E-state index in [1.165, 1.54) is 6.07 Å². The SMILES string of the molecule is CCCNCc1ccnc(-c2cccc(C(F)(F)F)c2)n1. The van der Waals surface area contributed by atoms with Crippen LogP contribution in [-0.4, -0.2) is 16.5 Å². The first-order valence-electron chi connectivity index (χ1n) is 6.71. The zero-order valence-corrected chi connectivity index (χ0v) is 11.6. The van der Waals surface area contributed by atoms with Gasteiger partial charge < -0.3 is 5.32 Å². The van der Waals surface area contributed by atoms with E-state index in [0.717, 1.165) is 30.8 Å². The van der Waals surface area contributed by atoms with Crippen molar-refractivity contribution in [1.29, 1.82) is 0 Å². The molecule has 0 unspecified atom stereocenters. The van der Waals surface area contributed by atoms with E-state index in [0.29, 0.717) is 17.9 Å². The summed E-state index contributed by atoms with van der Waals surface area (Å²) in [6, 6.07) is 6.80. The summed E-state index contributed by atoms with van der Waals surface area (Å²) in [6.45, 7) is 3.49. The van der Waals surface area contributed by atoms with Gasteiger partial charge in [-0.15, -0.1) is 0 Å². The first-order valence-corrected chi connectivity index (χ1v) is 6.71. The van der Waals surface area contributed by atoms with Gasteiger partial charge in [-0.25, -0.2) is 9.97 Å². The quantitative estimate of drug-likeness (QED) is 0.855. The molecule has 0 saturated carbocycles. The highest BCUT2D eigenvalue weighted by molar-refractivity contribution is 5.56. The molecule has 0 fully saturated rings. The Hall–Kier alpha value is -1.95. The van der Waals surface area contributed by atoms with Crippen LogP contribution in [0, 0.1) is 0 Å². The van der Waals surface area contributed by atoms with E-state index in [2.05, 4.69) is 22.2 Å². The molecule has 0 radical (unpaired) electrons. The highest BCUT2D eigenvalue weighted by atomic mass is 19.4. The summed E-state index contributed by atoms with van der Waals surface area (Å²) < 4.78 is 38.2. The maximum absolute atomic E-state index is 12.7. The smallest absolute Gasteiger partial charge is 0.311 e. The number of aromatic nitrogens is 2. The Morgan fingerprint density at radius 3 is 2.71 bits per heavy atom. The number of halogens is 3. The average Bonchev–Trinajstić information content (AvgIpc) is 2.47. The summed E-state index contributed by atoms with van der Waals surface area (Å²) >= 11 is 0. The summed E-state index contributed by atoms with van der Waals surface area (Å²) in [5.74, 6) is 0.303. The maximum atomic E-state index is 12.7. The van der Waals surface area contributed by atoms with Gasteiger partial charge in [-0.2, -0.15) is 13.2 Å². The van der Waals surface area contributed by atoms with E-state index in [4.69, 9.17) is 0 Å². The number of rotatable bonds is 5. The molecule has 0 aliphatic heterocycles. The second-order valence-corrected chi connectivity index (χ2v) is 4.63. The van der Waals surface area contributed by atoms with Crippen LogP contribution >= 0.6 is 0 Å². The summed E-state index contributed by atoms with van der Waals surface area (Å²) in [7, 11) is 0. The summed E-state index contributed by atoms with van der Waals surface area (Å²) in [6.07, 6.45) is -1.80. The van der Waals surface area contributed by atoms with Gasteiger partial charge in [0.25, 0.3) is 0 Å². The molecule has 112 valence electrons. The lowest BCUT2D eigenvalue weighted by molar-refractivity contribution is -0.137. The Labute approximate surface area is 121 Å². The van der Waals surface area contributed by atoms with Crippen LogP contribution in [0.1, 0.15) is 24.6 Å². The average molecular weight is 295 g/mol. The van der Waals surface area contributed by atoms with Gasteiger partial charge in [0.2, 0.25) is 0 Å². The van der Waals surface area contributed by atoms with Gasteiger partial charge in [0.15, 0.2) is 5.82 Å². The van der Waals surface area contributed by atoms with E-state index in [-0.39, 0.29) is 0 Å². The number of alkyl halides is 3. The van der Waals surface area contributed by atoms with Crippen molar-refractivity contribution < 1.29 is 13.2 Å². The highest BCUT2D eigenvalue weighted by Crippen LogP contribution is 2.31. The monoisotopic (exact) mass is 295 g/mol. The number of nitrogens with one attached hydrogen (secondary N) is 1. The van der Waals surface area contributed by atoms with Crippen molar-refractivity contribution in [2.24, 2.45) is 0 Å². The standard InChI is InChI=1S/C15H16F3N3/c1-2-7-19-10-13-6-8-20-14(21-13)11-4-3-5-12(9-11)15(16,17)18/h3-6,8-9,19H,2,7,10H2,1H3. The van der Waals surface area contributed by atoms with E-state index in [1.807, 2.05) is 0 Å². The zero-order valence-electron chi connectivity index (χ0n) is 11.6. The van der Waals surface area contributed by atoms with Crippen molar-refractivity contribution in [3.05, 3.63) is 47.8 Å². The van der Waals surface area contributed by atoms with Crippen molar-refractivity contribution in [2.75, 3.05) is 6.54 Å². The second kappa shape index (κ2) is 6.67. The molecular formula is C15H16F3N3. The first kappa shape index (κ1) is 15.4. The lowest BCUT2D eigenvalue weighted by Gasteiger charge is -2.09. The molecule has 0 saturated heterocycles. The van der Waals surface area contributed by atoms with Crippen LogP contribution in [0.3, 0.4) is 0 Å². The number of hydrogen-bond donors (Lipinski definition) is 1. The van der Waals surface area contributed by atoms with Gasteiger partial charge in [-0.3, -0.25) is 0 Å². The molecule has 0 aliphatic carbocycles. The molecule has 1 aromatic carbocycles. The Morgan fingerprint density at radius 2 is 2.00 bits per heavy atom. The van der Waals surface area contributed by atoms with Crippen molar-refractivity contribution in [2.45, 2.75) is 26.1 Å². The Balaban J connectivity index is 2.24. The molecule has 2 rings (SSSR count). The highest BCUT2D eigenvalue weighted by Gasteiger charge is 2.30. The summed E-state index contributed by atoms with van der Waals surface area (Å²) in [4.78, 5) is 8.35. The minimum absolute atomic E-state index is 0.303. The molecule has 3 nitrogen and oxygen atoms in total. The number of hydrogen-bond acceptors (Lipinski definition) is 3. The van der Waals surface area contributed by atoms with Crippen molar-refractivity contribution in [3.8, 4) is 11.4 Å². The van der Waals surface area contributed by atoms with Crippen molar-refractivity contribution in [3.63, 3.8) is 0 Å². The molecule has 0 spiro atoms. The van der Waals surface area contributed by atoms with Crippen LogP contribution in [0.25, 0.3) is 11.4 Å². The van der Waals surface area contributed by atoms with Crippen LogP contribution in [0.15, 0.2) is 36.5 Å². The fraction of sp³-hybridized carbons (Fsp3) is 0.333. The van der Waals surface area contributed by atoms with E-state index >= 15 is 0 Å². The Kier molecular flexibility index (Phi) is 4.90. The number of nitrogens with zero attached hydrogens (tertiary/aromatic N) is 2. The molecule has 1 N–H and O–H groups in total. The van der Waals surface area contributed by atoms with E-state index in [1.54, 1.807) is 18.3 Å². The topological polar surface area (TPSA) is 37.8 Å². The van der Waals surface area contributed by atoms with Crippen LogP contribution in [0.2, 0.25) is 0 Å². The fourth-order valence-electron chi connectivity index (χ4n) is 1.86. The van der Waals surface area contributed by atoms with Crippen LogP contribution in [0.5, 0.6) is 0 Å². The molecular weight excluding hydrogens is 279 g/mol. The third kappa shape index (κ3) is 4.26. The lowest BCUT2D eigenvalue weighted by atomic mass is 10.1. The molecule has 0 bridgehead atoms. The molecule has 1 aromatic heterocycles. The molecule has 1 heterocycles. The fourth-order valence-corrected chi connectivity index (χ4v) is 1.86. The lowest BCUT2D eigenvalue weighted by Crippen LogP contribution is -2.15. The van der Waals surface area contributed by atoms with Crippen LogP contribution in [0.4, 0.5) is 13.2 Å². The van der Waals surface area contributed by atoms with E-state index < -0.39 is 11.7 Å². The van der Waals surface area contributed by atoms with Crippen molar-refractivity contribution >= 4 is 0 Å². The molecule has 0 aliphatic rings. The largest absolute Gasteiger partial charge is 0.416 e. The third-order valence-electron chi connectivity index (χ3n) is 2.89. The first-order chi connectivity index (χ1) is 10.0. The van der Waals surface area contributed by atoms with Gasteiger partial charge in [0.1, 0.15) is 0 Å². The van der Waals surface area contributed by atoms with Gasteiger partial charge in [0, 0.05) is 18.3 Å². The van der Waals surface area contributed by atoms with Gasteiger partial charge in [-0.1, -0.05) is 19.1 Å². The van der Waals surface area contributed by atoms with Crippen LogP contribution < -0.4 is 5.32 Å². The second-order valence-electron chi connectivity index (χ2n) is 4.63. The third-order valence-corrected chi connectivity index (χ3v) is 2.89. The van der Waals surface area contributed by atoms with Gasteiger partial charge in [-0.05, 0) is 31.2 Å². The predicted octanol–water partition coefficient (Wildman–Crippen LogP) is 3.66. The van der Waals surface area contributed by atoms with E-state index in [9.17, 15) is 13.2 Å². The molecule has 0 amide bonds. The molecule has 0 atom stereocenters. The normalized spacial score (nSPS) is 11.6. The summed E-state index contributed by atoms with van der Waals surface area (Å²) in [5.41, 5.74) is 0.422. The minimum atomic E-state index is -4.36. The minimum Gasteiger partial charge on any atom is -0.311 e. The van der Waals surface area contributed by atoms with Gasteiger partial charge in [0.05, 0.1) is 11.3 Å². The molecule has 21 heavy (non-hydrogen) atoms. The predicted molar refractivity (Wildman–Crippen MR) is 74.5 cm³/mol. The van der Waals surface area contributed by atoms with Crippen LogP contribution in [-0.2, 0) is 12.7 Å². The maximum Gasteiger partial charge on any atom is 0.416 e. The Bertz CT molecular complexity index is 597. The van der Waals surface area contributed by atoms with Crippen molar-refractivity contribution in [1.82, 2.24) is 15.3 Å². The molecule has 6 heteroatoms. The number of benzene rings is 1. The zero-order chi connectivity index (χ0) is 15.3. The summed E-state index contributed by atoms with van der Waals surface area (Å²) in [5, 5.41) is 3.20. The Morgan fingerprint density at radius 1 is 1.19 bits per heavy atom.